The number of thioether (sulfide) groups is 1. The Morgan fingerprint density at radius 3 is 2.45 bits per heavy atom. The fourth-order valence-corrected chi connectivity index (χ4v) is 3.61. The van der Waals surface area contributed by atoms with Crippen LogP contribution in [-0.4, -0.2) is 22.5 Å². The highest BCUT2D eigenvalue weighted by molar-refractivity contribution is 7.99. The number of hydrogen-bond acceptors (Lipinski definition) is 5. The average Bonchev–Trinajstić information content (AvgIpc) is 2.67. The summed E-state index contributed by atoms with van der Waals surface area (Å²) >= 11 is 1.37. The Morgan fingerprint density at radius 2 is 1.83 bits per heavy atom. The summed E-state index contributed by atoms with van der Waals surface area (Å²) in [6.45, 7) is 4.15. The number of nitrogens with zero attached hydrogens (tertiary/aromatic N) is 1. The van der Waals surface area contributed by atoms with Crippen LogP contribution < -0.4 is 10.9 Å². The summed E-state index contributed by atoms with van der Waals surface area (Å²) in [6, 6.07) is 9.62. The van der Waals surface area contributed by atoms with Crippen LogP contribution in [0.4, 0.5) is 10.1 Å². The largest absolute Gasteiger partial charge is 0.283 e. The summed E-state index contributed by atoms with van der Waals surface area (Å²) in [6.07, 6.45) is 0.871. The molecule has 29 heavy (non-hydrogen) atoms. The average molecular weight is 419 g/mol. The predicted octanol–water partition coefficient (Wildman–Crippen LogP) is 3.88. The Labute approximate surface area is 172 Å². The van der Waals surface area contributed by atoms with Crippen LogP contribution in [0.5, 0.6) is 0 Å². The van der Waals surface area contributed by atoms with Gasteiger partial charge in [0.15, 0.2) is 0 Å². The molecule has 0 aliphatic heterocycles. The summed E-state index contributed by atoms with van der Waals surface area (Å²) in [5.41, 5.74) is 4.97. The van der Waals surface area contributed by atoms with E-state index in [1.165, 1.54) is 48.2 Å². The molecule has 0 spiro atoms. The quantitative estimate of drug-likeness (QED) is 0.384. The molecule has 0 fully saturated rings. The summed E-state index contributed by atoms with van der Waals surface area (Å²) in [5.74, 6) is -0.344. The lowest BCUT2D eigenvalue weighted by Gasteiger charge is -2.09. The summed E-state index contributed by atoms with van der Waals surface area (Å²) < 4.78 is 12.9. The summed E-state index contributed by atoms with van der Waals surface area (Å²) in [7, 11) is 0. The Balaban J connectivity index is 1.97. The number of nitro groups is 1. The molecule has 9 heteroatoms. The van der Waals surface area contributed by atoms with E-state index >= 15 is 0 Å². The molecule has 0 atom stereocenters. The van der Waals surface area contributed by atoms with Gasteiger partial charge in [-0.2, -0.15) is 0 Å². The number of halogens is 1. The summed E-state index contributed by atoms with van der Waals surface area (Å²) in [4.78, 5) is 35.5. The number of amides is 2. The van der Waals surface area contributed by atoms with Gasteiger partial charge in [0.05, 0.1) is 16.2 Å². The van der Waals surface area contributed by atoms with Crippen LogP contribution in [0.3, 0.4) is 0 Å². The maximum Gasteiger partial charge on any atom is 0.283 e. The van der Waals surface area contributed by atoms with Crippen LogP contribution in [0.1, 0.15) is 36.2 Å². The van der Waals surface area contributed by atoms with Gasteiger partial charge in [-0.3, -0.25) is 30.6 Å². The molecule has 2 aromatic rings. The molecule has 0 heterocycles. The number of hydrazine groups is 1. The van der Waals surface area contributed by atoms with Crippen LogP contribution in [-0.2, 0) is 11.2 Å². The molecule has 154 valence electrons. The zero-order valence-corrected chi connectivity index (χ0v) is 16.9. The highest BCUT2D eigenvalue weighted by atomic mass is 32.2. The number of rotatable bonds is 8. The maximum absolute atomic E-state index is 12.9. The molecule has 0 unspecified atom stereocenters. The number of hydrogen-bond donors (Lipinski definition) is 2. The van der Waals surface area contributed by atoms with Crippen LogP contribution in [0.15, 0.2) is 47.4 Å². The summed E-state index contributed by atoms with van der Waals surface area (Å²) in [5, 5.41) is 11.4. The maximum atomic E-state index is 12.9. The van der Waals surface area contributed by atoms with Crippen molar-refractivity contribution in [3.63, 3.8) is 0 Å². The van der Waals surface area contributed by atoms with Crippen molar-refractivity contribution in [1.29, 1.82) is 0 Å². The van der Waals surface area contributed by atoms with Crippen molar-refractivity contribution < 1.29 is 18.9 Å². The van der Waals surface area contributed by atoms with E-state index in [-0.39, 0.29) is 17.7 Å². The third kappa shape index (κ3) is 7.19. The van der Waals surface area contributed by atoms with E-state index in [1.807, 2.05) is 0 Å². The van der Waals surface area contributed by atoms with E-state index in [9.17, 15) is 24.1 Å². The fourth-order valence-electron chi connectivity index (χ4n) is 2.36. The fraction of sp³-hybridized carbons (Fsp3) is 0.300. The number of benzene rings is 2. The molecule has 0 aliphatic rings. The van der Waals surface area contributed by atoms with Gasteiger partial charge in [0.25, 0.3) is 11.6 Å². The monoisotopic (exact) mass is 419 g/mol. The molecule has 2 aromatic carbocycles. The van der Waals surface area contributed by atoms with E-state index in [2.05, 4.69) is 24.7 Å². The molecular weight excluding hydrogens is 397 g/mol. The lowest BCUT2D eigenvalue weighted by atomic mass is 10.1. The smallest absolute Gasteiger partial charge is 0.273 e. The molecule has 0 saturated heterocycles. The molecule has 0 saturated carbocycles. The lowest BCUT2D eigenvalue weighted by Crippen LogP contribution is -2.42. The molecule has 7 nitrogen and oxygen atoms in total. The molecule has 0 radical (unpaired) electrons. The molecule has 0 aliphatic carbocycles. The zero-order chi connectivity index (χ0) is 21.4. The van der Waals surface area contributed by atoms with Gasteiger partial charge in [0, 0.05) is 11.6 Å². The molecule has 0 bridgehead atoms. The topological polar surface area (TPSA) is 101 Å². The lowest BCUT2D eigenvalue weighted by molar-refractivity contribution is -0.387. The Kier molecular flexibility index (Phi) is 8.14. The van der Waals surface area contributed by atoms with Gasteiger partial charge in [-0.05, 0) is 47.9 Å². The molecule has 2 rings (SSSR count). The Morgan fingerprint density at radius 1 is 1.14 bits per heavy atom. The van der Waals surface area contributed by atoms with E-state index < -0.39 is 22.6 Å². The van der Waals surface area contributed by atoms with Gasteiger partial charge >= 0.3 is 0 Å². The number of nitro benzene ring substituents is 1. The molecule has 0 aromatic heterocycles. The second-order valence-corrected chi connectivity index (χ2v) is 7.91. The molecular formula is C20H22FN3O4S. The minimum absolute atomic E-state index is 0.0495. The SMILES string of the molecule is CC(C)CCSc1ccc(C(=O)NNC(=O)Cc2ccc(F)cc2)cc1[N+](=O)[O-]. The van der Waals surface area contributed by atoms with Gasteiger partial charge in [-0.15, -0.1) is 11.8 Å². The standard InChI is InChI=1S/C20H22FN3O4S/c1-13(2)9-10-29-18-8-5-15(12-17(18)24(27)28)20(26)23-22-19(25)11-14-3-6-16(21)7-4-14/h3-8,12-13H,9-11H2,1-2H3,(H,22,25)(H,23,26). The van der Waals surface area contributed by atoms with Gasteiger partial charge in [-0.1, -0.05) is 26.0 Å². The van der Waals surface area contributed by atoms with Crippen molar-refractivity contribution in [3.05, 3.63) is 69.5 Å². The van der Waals surface area contributed by atoms with E-state index in [0.29, 0.717) is 16.4 Å². The Bertz CT molecular complexity index is 888. The number of nitrogens with one attached hydrogen (secondary N) is 2. The van der Waals surface area contributed by atoms with E-state index in [1.54, 1.807) is 6.07 Å². The van der Waals surface area contributed by atoms with Gasteiger partial charge in [0.1, 0.15) is 5.82 Å². The third-order valence-corrected chi connectivity index (χ3v) is 5.06. The normalized spacial score (nSPS) is 10.6. The van der Waals surface area contributed by atoms with Crippen LogP contribution >= 0.6 is 11.8 Å². The van der Waals surface area contributed by atoms with Crippen molar-refractivity contribution in [1.82, 2.24) is 10.9 Å². The van der Waals surface area contributed by atoms with Gasteiger partial charge < -0.3 is 0 Å². The van der Waals surface area contributed by atoms with Crippen molar-refractivity contribution in [2.75, 3.05) is 5.75 Å². The van der Waals surface area contributed by atoms with E-state index in [4.69, 9.17) is 0 Å². The number of carbonyl (C=O) groups excluding carboxylic acids is 2. The first-order valence-corrected chi connectivity index (χ1v) is 9.99. The van der Waals surface area contributed by atoms with Gasteiger partial charge in [-0.25, -0.2) is 4.39 Å². The van der Waals surface area contributed by atoms with Crippen molar-refractivity contribution in [3.8, 4) is 0 Å². The first-order chi connectivity index (χ1) is 13.8. The van der Waals surface area contributed by atoms with Crippen LogP contribution in [0.25, 0.3) is 0 Å². The van der Waals surface area contributed by atoms with E-state index in [0.717, 1.165) is 12.2 Å². The van der Waals surface area contributed by atoms with Crippen LogP contribution in [0, 0.1) is 21.8 Å². The Hall–Kier alpha value is -2.94. The highest BCUT2D eigenvalue weighted by Gasteiger charge is 2.18. The van der Waals surface area contributed by atoms with Gasteiger partial charge in [0.2, 0.25) is 5.91 Å². The van der Waals surface area contributed by atoms with Crippen molar-refractivity contribution >= 4 is 29.3 Å². The van der Waals surface area contributed by atoms with Crippen molar-refractivity contribution in [2.24, 2.45) is 5.92 Å². The van der Waals surface area contributed by atoms with Crippen LogP contribution in [0.2, 0.25) is 0 Å². The first kappa shape index (κ1) is 22.4. The molecule has 2 amide bonds. The zero-order valence-electron chi connectivity index (χ0n) is 16.1. The minimum atomic E-state index is -0.667. The highest BCUT2D eigenvalue weighted by Crippen LogP contribution is 2.31. The molecule has 2 N–H and O–H groups in total. The second kappa shape index (κ2) is 10.6. The number of carbonyl (C=O) groups is 2. The minimum Gasteiger partial charge on any atom is -0.273 e. The van der Waals surface area contributed by atoms with Crippen molar-refractivity contribution in [2.45, 2.75) is 31.6 Å². The third-order valence-electron chi connectivity index (χ3n) is 3.96. The predicted molar refractivity (Wildman–Crippen MR) is 109 cm³/mol. The second-order valence-electron chi connectivity index (χ2n) is 6.78. The first-order valence-electron chi connectivity index (χ1n) is 9.01.